The highest BCUT2D eigenvalue weighted by atomic mass is 16.3. The van der Waals surface area contributed by atoms with Crippen molar-refractivity contribution in [3.05, 3.63) is 41.7 Å². The van der Waals surface area contributed by atoms with Crippen molar-refractivity contribution in [2.75, 3.05) is 19.7 Å². The summed E-state index contributed by atoms with van der Waals surface area (Å²) in [7, 11) is 0. The van der Waals surface area contributed by atoms with Crippen LogP contribution in [0.25, 0.3) is 5.69 Å². The zero-order valence-electron chi connectivity index (χ0n) is 14.3. The molecule has 6 heteroatoms. The first-order valence-electron chi connectivity index (χ1n) is 8.46. The van der Waals surface area contributed by atoms with Gasteiger partial charge >= 0.3 is 0 Å². The third-order valence-electron chi connectivity index (χ3n) is 5.21. The first-order valence-corrected chi connectivity index (χ1v) is 8.46. The molecule has 0 unspecified atom stereocenters. The number of aliphatic hydroxyl groups excluding tert-OH is 1. The molecule has 0 saturated carbocycles. The molecule has 1 amide bonds. The van der Waals surface area contributed by atoms with E-state index < -0.39 is 0 Å². The van der Waals surface area contributed by atoms with Crippen LogP contribution in [0.3, 0.4) is 0 Å². The van der Waals surface area contributed by atoms with Gasteiger partial charge < -0.3 is 10.0 Å². The Bertz CT molecular complexity index is 694. The van der Waals surface area contributed by atoms with Gasteiger partial charge in [0.05, 0.1) is 11.9 Å². The van der Waals surface area contributed by atoms with Crippen molar-refractivity contribution < 1.29 is 9.90 Å². The monoisotopic (exact) mass is 328 g/mol. The van der Waals surface area contributed by atoms with Crippen molar-refractivity contribution in [1.82, 2.24) is 19.9 Å². The van der Waals surface area contributed by atoms with Crippen LogP contribution in [0.4, 0.5) is 0 Å². The van der Waals surface area contributed by atoms with Crippen LogP contribution in [0.1, 0.15) is 42.2 Å². The summed E-state index contributed by atoms with van der Waals surface area (Å²) >= 11 is 0. The molecule has 0 bridgehead atoms. The molecule has 0 radical (unpaired) electrons. The zero-order valence-corrected chi connectivity index (χ0v) is 14.3. The Morgan fingerprint density at radius 3 is 2.50 bits per heavy atom. The Balaban J connectivity index is 1.69. The highest BCUT2D eigenvalue weighted by molar-refractivity contribution is 5.92. The van der Waals surface area contributed by atoms with Crippen molar-refractivity contribution in [2.24, 2.45) is 5.41 Å². The van der Waals surface area contributed by atoms with Gasteiger partial charge in [-0.15, -0.1) is 5.10 Å². The smallest absolute Gasteiger partial charge is 0.276 e. The van der Waals surface area contributed by atoms with Crippen LogP contribution >= 0.6 is 0 Å². The highest BCUT2D eigenvalue weighted by Gasteiger charge is 2.34. The van der Waals surface area contributed by atoms with E-state index in [2.05, 4.69) is 17.2 Å². The highest BCUT2D eigenvalue weighted by Crippen LogP contribution is 2.34. The molecule has 0 spiro atoms. The van der Waals surface area contributed by atoms with E-state index in [9.17, 15) is 9.90 Å². The Morgan fingerprint density at radius 1 is 1.25 bits per heavy atom. The minimum atomic E-state index is -0.0870. The Labute approximate surface area is 142 Å². The molecule has 1 aromatic carbocycles. The van der Waals surface area contributed by atoms with Crippen molar-refractivity contribution in [1.29, 1.82) is 0 Å². The molecule has 1 aromatic heterocycles. The molecule has 128 valence electrons. The van der Waals surface area contributed by atoms with Crippen LogP contribution < -0.4 is 0 Å². The summed E-state index contributed by atoms with van der Waals surface area (Å²) < 4.78 is 1.63. The number of nitrogens with zero attached hydrogens (tertiary/aromatic N) is 4. The molecule has 3 rings (SSSR count). The first-order chi connectivity index (χ1) is 11.6. The largest absolute Gasteiger partial charge is 0.396 e. The zero-order chi connectivity index (χ0) is 17.2. The van der Waals surface area contributed by atoms with E-state index in [4.69, 9.17) is 0 Å². The first kappa shape index (κ1) is 16.6. The Hall–Kier alpha value is -2.21. The van der Waals surface area contributed by atoms with Gasteiger partial charge in [-0.25, -0.2) is 4.68 Å². The topological polar surface area (TPSA) is 71.2 Å². The van der Waals surface area contributed by atoms with Crippen LogP contribution in [-0.4, -0.2) is 50.6 Å². The summed E-state index contributed by atoms with van der Waals surface area (Å²) in [5.74, 6) is -0.0870. The van der Waals surface area contributed by atoms with E-state index in [0.29, 0.717) is 18.8 Å². The van der Waals surface area contributed by atoms with Gasteiger partial charge in [0, 0.05) is 19.7 Å². The van der Waals surface area contributed by atoms with Crippen LogP contribution in [0, 0.1) is 12.3 Å². The number of likely N-dealkylation sites (tertiary alicyclic amines) is 1. The molecule has 1 fully saturated rings. The van der Waals surface area contributed by atoms with E-state index in [0.717, 1.165) is 24.9 Å². The lowest BCUT2D eigenvalue weighted by atomic mass is 9.77. The van der Waals surface area contributed by atoms with E-state index in [1.54, 1.807) is 10.9 Å². The van der Waals surface area contributed by atoms with Crippen molar-refractivity contribution in [2.45, 2.75) is 33.1 Å². The van der Waals surface area contributed by atoms with E-state index >= 15 is 0 Å². The maximum atomic E-state index is 12.6. The average molecular weight is 328 g/mol. The van der Waals surface area contributed by atoms with Gasteiger partial charge in [0.25, 0.3) is 5.91 Å². The number of rotatable bonds is 4. The van der Waals surface area contributed by atoms with E-state index in [-0.39, 0.29) is 17.9 Å². The molecule has 0 atom stereocenters. The van der Waals surface area contributed by atoms with E-state index in [1.165, 1.54) is 5.56 Å². The minimum Gasteiger partial charge on any atom is -0.396 e. The number of benzene rings is 1. The Kier molecular flexibility index (Phi) is 4.66. The second-order valence-electron chi connectivity index (χ2n) is 6.69. The lowest BCUT2D eigenvalue weighted by Gasteiger charge is -2.39. The third kappa shape index (κ3) is 3.19. The summed E-state index contributed by atoms with van der Waals surface area (Å²) in [6.07, 6.45) is 4.28. The normalized spacial score (nSPS) is 17.0. The second kappa shape index (κ2) is 6.73. The number of hydrogen-bond donors (Lipinski definition) is 1. The number of carbonyl (C=O) groups is 1. The lowest BCUT2D eigenvalue weighted by Crippen LogP contribution is -2.44. The van der Waals surface area contributed by atoms with Gasteiger partial charge in [0.1, 0.15) is 0 Å². The lowest BCUT2D eigenvalue weighted by molar-refractivity contribution is 0.0334. The molecule has 2 aromatic rings. The fourth-order valence-corrected chi connectivity index (χ4v) is 3.16. The number of aryl methyl sites for hydroxylation is 1. The molecule has 0 aliphatic carbocycles. The van der Waals surface area contributed by atoms with Crippen LogP contribution in [-0.2, 0) is 0 Å². The van der Waals surface area contributed by atoms with Gasteiger partial charge in [0.15, 0.2) is 5.69 Å². The molecule has 24 heavy (non-hydrogen) atoms. The minimum absolute atomic E-state index is 0.0315. The standard InChI is InChI=1S/C18H24N4O2/c1-3-18(13-23)8-10-21(11-9-18)17(24)16-12-22(20-19-16)15-6-4-14(2)5-7-15/h4-7,12,23H,3,8-11,13H2,1-2H3. The summed E-state index contributed by atoms with van der Waals surface area (Å²) in [4.78, 5) is 14.4. The summed E-state index contributed by atoms with van der Waals surface area (Å²) in [5, 5.41) is 17.7. The number of hydrogen-bond acceptors (Lipinski definition) is 4. The van der Waals surface area contributed by atoms with Gasteiger partial charge in [-0.2, -0.15) is 0 Å². The molecule has 2 heterocycles. The molecular formula is C18H24N4O2. The van der Waals surface area contributed by atoms with Crippen molar-refractivity contribution in [3.8, 4) is 5.69 Å². The number of amides is 1. The van der Waals surface area contributed by atoms with Crippen molar-refractivity contribution in [3.63, 3.8) is 0 Å². The molecular weight excluding hydrogens is 304 g/mol. The van der Waals surface area contributed by atoms with Gasteiger partial charge in [-0.3, -0.25) is 4.79 Å². The molecule has 1 aliphatic rings. The molecule has 1 aliphatic heterocycles. The third-order valence-corrected chi connectivity index (χ3v) is 5.21. The predicted molar refractivity (Wildman–Crippen MR) is 91.0 cm³/mol. The number of piperidine rings is 1. The second-order valence-corrected chi connectivity index (χ2v) is 6.69. The number of aliphatic hydroxyl groups is 1. The number of carbonyl (C=O) groups excluding carboxylic acids is 1. The summed E-state index contributed by atoms with van der Waals surface area (Å²) in [5.41, 5.74) is 2.39. The maximum Gasteiger partial charge on any atom is 0.276 e. The fourth-order valence-electron chi connectivity index (χ4n) is 3.16. The van der Waals surface area contributed by atoms with Crippen LogP contribution in [0.2, 0.25) is 0 Å². The van der Waals surface area contributed by atoms with Crippen LogP contribution in [0.15, 0.2) is 30.5 Å². The summed E-state index contributed by atoms with van der Waals surface area (Å²) in [6, 6.07) is 7.91. The van der Waals surface area contributed by atoms with Crippen molar-refractivity contribution >= 4 is 5.91 Å². The van der Waals surface area contributed by atoms with Crippen LogP contribution in [0.5, 0.6) is 0 Å². The maximum absolute atomic E-state index is 12.6. The van der Waals surface area contributed by atoms with Gasteiger partial charge in [-0.1, -0.05) is 29.8 Å². The Morgan fingerprint density at radius 2 is 1.92 bits per heavy atom. The quantitative estimate of drug-likeness (QED) is 0.934. The molecule has 6 nitrogen and oxygen atoms in total. The summed E-state index contributed by atoms with van der Waals surface area (Å²) in [6.45, 7) is 5.63. The fraction of sp³-hybridized carbons (Fsp3) is 0.500. The average Bonchev–Trinajstić information content (AvgIpc) is 3.12. The molecule has 1 saturated heterocycles. The van der Waals surface area contributed by atoms with Gasteiger partial charge in [-0.05, 0) is 43.7 Å². The molecule has 1 N–H and O–H groups in total. The predicted octanol–water partition coefficient (Wildman–Crippen LogP) is 2.20. The van der Waals surface area contributed by atoms with Gasteiger partial charge in [0.2, 0.25) is 0 Å². The number of aromatic nitrogens is 3. The SMILES string of the molecule is CCC1(CO)CCN(C(=O)c2cn(-c3ccc(C)cc3)nn2)CC1. The van der Waals surface area contributed by atoms with E-state index in [1.807, 2.05) is 36.1 Å².